The summed E-state index contributed by atoms with van der Waals surface area (Å²) >= 11 is 0. The molecule has 0 spiro atoms. The first kappa shape index (κ1) is 26.8. The lowest BCUT2D eigenvalue weighted by molar-refractivity contribution is -0.131. The predicted molar refractivity (Wildman–Crippen MR) is 160 cm³/mol. The molecule has 4 aromatic rings. The number of amides is 2. The van der Waals surface area contributed by atoms with E-state index in [2.05, 4.69) is 21.4 Å². The van der Waals surface area contributed by atoms with E-state index in [0.717, 1.165) is 47.5 Å². The number of cyclic esters (lactones) is 1. The average molecular weight is 564 g/mol. The Morgan fingerprint density at radius 2 is 1.67 bits per heavy atom. The first-order chi connectivity index (χ1) is 20.6. The molecule has 2 bridgehead atoms. The number of benzene rings is 2. The van der Waals surface area contributed by atoms with Crippen LogP contribution in [-0.2, 0) is 16.0 Å². The average Bonchev–Trinajstić information content (AvgIpc) is 3.62. The van der Waals surface area contributed by atoms with Crippen LogP contribution in [0.5, 0.6) is 0 Å². The summed E-state index contributed by atoms with van der Waals surface area (Å²) in [7, 11) is 0. The van der Waals surface area contributed by atoms with Gasteiger partial charge in [0.1, 0.15) is 17.9 Å². The van der Waals surface area contributed by atoms with Gasteiger partial charge in [-0.05, 0) is 75.3 Å². The zero-order valence-corrected chi connectivity index (χ0v) is 24.0. The second kappa shape index (κ2) is 11.3. The van der Waals surface area contributed by atoms with Crippen LogP contribution in [0.15, 0.2) is 79.0 Å². The van der Waals surface area contributed by atoms with Gasteiger partial charge < -0.3 is 9.30 Å². The standard InChI is InChI=1S/C34H37N5O3/c1-23-36-31-13-8-17-35-32(31)38(23)28-20-26-14-15-27(21-28)37(26)18-16-30(25-11-6-3-7-12-25)33(40)39-29(22-42-34(39)41)19-24-9-4-2-5-10-24/h2-13,17,26-30H,14-16,18-22H2,1H3/t26-,27-,29-,30+/m1/s1. The second-order valence-electron chi connectivity index (χ2n) is 12.0. The van der Waals surface area contributed by atoms with Crippen molar-refractivity contribution in [2.24, 2.45) is 0 Å². The summed E-state index contributed by atoms with van der Waals surface area (Å²) in [6, 6.07) is 24.9. The molecule has 0 unspecified atom stereocenters. The van der Waals surface area contributed by atoms with Gasteiger partial charge in [0.25, 0.3) is 0 Å². The number of pyridine rings is 1. The van der Waals surface area contributed by atoms with Gasteiger partial charge in [-0.15, -0.1) is 0 Å². The van der Waals surface area contributed by atoms with Crippen molar-refractivity contribution in [2.75, 3.05) is 13.2 Å². The maximum Gasteiger partial charge on any atom is 0.417 e. The number of carbonyl (C=O) groups is 2. The highest BCUT2D eigenvalue weighted by molar-refractivity contribution is 5.97. The summed E-state index contributed by atoms with van der Waals surface area (Å²) < 4.78 is 7.77. The highest BCUT2D eigenvalue weighted by Crippen LogP contribution is 2.43. The lowest BCUT2D eigenvalue weighted by Gasteiger charge is -2.40. The van der Waals surface area contributed by atoms with Gasteiger partial charge in [-0.25, -0.2) is 19.7 Å². The van der Waals surface area contributed by atoms with Gasteiger partial charge >= 0.3 is 6.09 Å². The Balaban J connectivity index is 1.09. The molecule has 2 aromatic heterocycles. The van der Waals surface area contributed by atoms with Crippen LogP contribution in [-0.4, -0.2) is 67.6 Å². The van der Waals surface area contributed by atoms with Crippen LogP contribution in [0.25, 0.3) is 11.2 Å². The number of carbonyl (C=O) groups excluding carboxylic acids is 2. The summed E-state index contributed by atoms with van der Waals surface area (Å²) in [6.45, 7) is 3.14. The number of imidazole rings is 1. The third-order valence-electron chi connectivity index (χ3n) is 9.54. The molecule has 42 heavy (non-hydrogen) atoms. The van der Waals surface area contributed by atoms with Gasteiger partial charge in [0.15, 0.2) is 5.65 Å². The molecule has 8 heteroatoms. The largest absolute Gasteiger partial charge is 0.447 e. The van der Waals surface area contributed by atoms with E-state index in [1.807, 2.05) is 79.0 Å². The number of rotatable bonds is 8. The summed E-state index contributed by atoms with van der Waals surface area (Å²) in [5.74, 6) is 0.466. The van der Waals surface area contributed by atoms with Crippen LogP contribution in [0.1, 0.15) is 61.0 Å². The van der Waals surface area contributed by atoms with E-state index in [4.69, 9.17) is 9.72 Å². The molecule has 0 N–H and O–H groups in total. The Bertz CT molecular complexity index is 1560. The van der Waals surface area contributed by atoms with Crippen molar-refractivity contribution < 1.29 is 14.3 Å². The van der Waals surface area contributed by atoms with Crippen molar-refractivity contribution in [3.05, 3.63) is 95.9 Å². The number of fused-ring (bicyclic) bond motifs is 3. The lowest BCUT2D eigenvalue weighted by Crippen LogP contribution is -2.46. The van der Waals surface area contributed by atoms with Crippen LogP contribution in [0.2, 0.25) is 0 Å². The Labute approximate surface area is 246 Å². The van der Waals surface area contributed by atoms with E-state index in [1.54, 1.807) is 0 Å². The van der Waals surface area contributed by atoms with E-state index < -0.39 is 12.0 Å². The maximum atomic E-state index is 14.2. The summed E-state index contributed by atoms with van der Waals surface area (Å²) in [5.41, 5.74) is 3.98. The second-order valence-corrected chi connectivity index (χ2v) is 12.0. The highest BCUT2D eigenvalue weighted by Gasteiger charge is 2.44. The van der Waals surface area contributed by atoms with Crippen LogP contribution < -0.4 is 0 Å². The van der Waals surface area contributed by atoms with E-state index >= 15 is 0 Å². The molecule has 3 fully saturated rings. The van der Waals surface area contributed by atoms with Crippen molar-refractivity contribution in [3.8, 4) is 0 Å². The number of piperidine rings is 1. The van der Waals surface area contributed by atoms with E-state index in [-0.39, 0.29) is 18.6 Å². The Morgan fingerprint density at radius 3 is 2.40 bits per heavy atom. The van der Waals surface area contributed by atoms with Crippen molar-refractivity contribution in [2.45, 2.75) is 75.5 Å². The minimum atomic E-state index is -0.528. The molecule has 216 valence electrons. The fourth-order valence-corrected chi connectivity index (χ4v) is 7.63. The van der Waals surface area contributed by atoms with Crippen molar-refractivity contribution in [1.29, 1.82) is 0 Å². The van der Waals surface area contributed by atoms with Crippen LogP contribution in [0.3, 0.4) is 0 Å². The lowest BCUT2D eigenvalue weighted by atomic mass is 9.91. The van der Waals surface area contributed by atoms with E-state index in [0.29, 0.717) is 31.0 Å². The SMILES string of the molecule is Cc1nc2cccnc2n1C1C[C@H]2CC[C@H](C1)N2CC[C@H](C(=O)N1C(=O)OC[C@H]1Cc1ccccc1)c1ccccc1. The highest BCUT2D eigenvalue weighted by atomic mass is 16.6. The van der Waals surface area contributed by atoms with Gasteiger partial charge in [0.05, 0.1) is 12.0 Å². The smallest absolute Gasteiger partial charge is 0.417 e. The number of nitrogens with zero attached hydrogens (tertiary/aromatic N) is 5. The van der Waals surface area contributed by atoms with Gasteiger partial charge in [0.2, 0.25) is 5.91 Å². The van der Waals surface area contributed by atoms with Crippen molar-refractivity contribution >= 4 is 23.2 Å². The molecule has 3 aliphatic heterocycles. The van der Waals surface area contributed by atoms with Crippen LogP contribution >= 0.6 is 0 Å². The topological polar surface area (TPSA) is 80.6 Å². The zero-order chi connectivity index (χ0) is 28.6. The zero-order valence-electron chi connectivity index (χ0n) is 24.0. The molecular weight excluding hydrogens is 526 g/mol. The summed E-state index contributed by atoms with van der Waals surface area (Å²) in [5, 5.41) is 0. The molecule has 3 aliphatic rings. The number of hydrogen-bond donors (Lipinski definition) is 0. The molecule has 0 saturated carbocycles. The molecule has 2 aromatic carbocycles. The number of aromatic nitrogens is 3. The monoisotopic (exact) mass is 563 g/mol. The van der Waals surface area contributed by atoms with Crippen molar-refractivity contribution in [3.63, 3.8) is 0 Å². The summed E-state index contributed by atoms with van der Waals surface area (Å²) in [6.07, 6.45) is 7.03. The van der Waals surface area contributed by atoms with Gasteiger partial charge in [-0.2, -0.15) is 0 Å². The molecule has 3 saturated heterocycles. The third-order valence-corrected chi connectivity index (χ3v) is 9.54. The molecule has 0 aliphatic carbocycles. The quantitative estimate of drug-likeness (QED) is 0.275. The van der Waals surface area contributed by atoms with Gasteiger partial charge in [-0.1, -0.05) is 60.7 Å². The first-order valence-corrected chi connectivity index (χ1v) is 15.2. The van der Waals surface area contributed by atoms with Crippen molar-refractivity contribution in [1.82, 2.24) is 24.3 Å². The normalized spacial score (nSPS) is 24.7. The van der Waals surface area contributed by atoms with Crippen LogP contribution in [0.4, 0.5) is 4.79 Å². The molecule has 7 rings (SSSR count). The Kier molecular flexibility index (Phi) is 7.24. The molecule has 0 radical (unpaired) electrons. The first-order valence-electron chi connectivity index (χ1n) is 15.2. The molecule has 5 heterocycles. The third kappa shape index (κ3) is 4.98. The number of ether oxygens (including phenoxy) is 1. The predicted octanol–water partition coefficient (Wildman–Crippen LogP) is 5.67. The number of hydrogen-bond acceptors (Lipinski definition) is 6. The van der Waals surface area contributed by atoms with E-state index in [9.17, 15) is 9.59 Å². The fourth-order valence-electron chi connectivity index (χ4n) is 7.63. The Hall–Kier alpha value is -4.04. The molecule has 2 amide bonds. The number of aryl methyl sites for hydroxylation is 1. The van der Waals surface area contributed by atoms with Gasteiger partial charge in [-0.3, -0.25) is 9.69 Å². The molecular formula is C34H37N5O3. The van der Waals surface area contributed by atoms with Gasteiger partial charge in [0, 0.05) is 24.3 Å². The molecule has 8 nitrogen and oxygen atoms in total. The maximum absolute atomic E-state index is 14.2. The minimum Gasteiger partial charge on any atom is -0.447 e. The minimum absolute atomic E-state index is 0.154. The van der Waals surface area contributed by atoms with E-state index in [1.165, 1.54) is 17.7 Å². The Morgan fingerprint density at radius 1 is 0.952 bits per heavy atom. The number of imide groups is 1. The summed E-state index contributed by atoms with van der Waals surface area (Å²) in [4.78, 5) is 40.5. The fraction of sp³-hybridized carbons (Fsp3) is 0.412. The van der Waals surface area contributed by atoms with Crippen LogP contribution in [0, 0.1) is 6.92 Å². The molecule has 4 atom stereocenters.